The molecule has 1 saturated heterocycles. The normalized spacial score (nSPS) is 19.9. The zero-order chi connectivity index (χ0) is 26.3. The van der Waals surface area contributed by atoms with Gasteiger partial charge < -0.3 is 29.3 Å². The average Bonchev–Trinajstić information content (AvgIpc) is 2.94. The van der Waals surface area contributed by atoms with Crippen LogP contribution in [0.4, 0.5) is 5.82 Å². The number of pyridine rings is 2. The van der Waals surface area contributed by atoms with Gasteiger partial charge in [0.05, 0.1) is 36.5 Å². The van der Waals surface area contributed by atoms with E-state index in [0.29, 0.717) is 31.5 Å². The minimum Gasteiger partial charge on any atom is -0.489 e. The van der Waals surface area contributed by atoms with Crippen LogP contribution in [0.3, 0.4) is 0 Å². The first-order valence-corrected chi connectivity index (χ1v) is 13.2. The molecule has 11 heteroatoms. The zero-order valence-corrected chi connectivity index (χ0v) is 22.0. The van der Waals surface area contributed by atoms with Crippen molar-refractivity contribution in [2.45, 2.75) is 37.8 Å². The number of anilines is 1. The number of morpholine rings is 1. The molecule has 1 aliphatic carbocycles. The van der Waals surface area contributed by atoms with Crippen molar-refractivity contribution in [1.29, 1.82) is 0 Å². The zero-order valence-electron chi connectivity index (χ0n) is 22.0. The molecule has 0 bridgehead atoms. The van der Waals surface area contributed by atoms with Crippen LogP contribution < -0.4 is 19.7 Å². The van der Waals surface area contributed by atoms with E-state index >= 15 is 0 Å². The molecule has 0 atom stereocenters. The lowest BCUT2D eigenvalue weighted by Crippen LogP contribution is -2.40. The molecule has 3 aromatic heterocycles. The number of aromatic nitrogens is 4. The van der Waals surface area contributed by atoms with Crippen molar-refractivity contribution in [2.24, 2.45) is 0 Å². The van der Waals surface area contributed by atoms with Crippen molar-refractivity contribution in [3.05, 3.63) is 42.6 Å². The number of ether oxygens (including phenoxy) is 3. The summed E-state index contributed by atoms with van der Waals surface area (Å²) in [6.07, 6.45) is 8.14. The van der Waals surface area contributed by atoms with Gasteiger partial charge in [-0.05, 0) is 51.9 Å². The monoisotopic (exact) mass is 521 g/mol. The lowest BCUT2D eigenvalue weighted by Gasteiger charge is -2.30. The first-order valence-electron chi connectivity index (χ1n) is 13.2. The molecular weight excluding hydrogens is 486 g/mol. The minimum absolute atomic E-state index is 0.0221. The van der Waals surface area contributed by atoms with Crippen molar-refractivity contribution in [3.8, 4) is 11.6 Å². The Morgan fingerprint density at radius 3 is 2.63 bits per heavy atom. The Hall–Kier alpha value is -3.57. The van der Waals surface area contributed by atoms with E-state index in [2.05, 4.69) is 25.2 Å². The first-order chi connectivity index (χ1) is 18.5. The van der Waals surface area contributed by atoms with Gasteiger partial charge in [0.15, 0.2) is 5.75 Å². The van der Waals surface area contributed by atoms with E-state index in [1.54, 1.807) is 18.6 Å². The van der Waals surface area contributed by atoms with Crippen LogP contribution in [0.15, 0.2) is 36.8 Å². The largest absolute Gasteiger partial charge is 0.489 e. The molecule has 3 aromatic rings. The van der Waals surface area contributed by atoms with Crippen LogP contribution >= 0.6 is 0 Å². The summed E-state index contributed by atoms with van der Waals surface area (Å²) in [7, 11) is 3.96. The molecule has 1 aliphatic heterocycles. The van der Waals surface area contributed by atoms with Gasteiger partial charge >= 0.3 is 0 Å². The number of carbonyl (C=O) groups excluding carboxylic acids is 1. The fourth-order valence-electron chi connectivity index (χ4n) is 4.66. The van der Waals surface area contributed by atoms with Gasteiger partial charge in [-0.2, -0.15) is 4.98 Å². The maximum atomic E-state index is 12.7. The second-order valence-corrected chi connectivity index (χ2v) is 9.91. The Kier molecular flexibility index (Phi) is 8.44. The number of hydrogen-bond acceptors (Lipinski definition) is 10. The summed E-state index contributed by atoms with van der Waals surface area (Å²) in [6, 6.07) is 5.97. The van der Waals surface area contributed by atoms with Crippen LogP contribution in [0, 0.1) is 0 Å². The Morgan fingerprint density at radius 2 is 1.89 bits per heavy atom. The standard InChI is InChI=1S/C27H35N7O4/c1-33(2)10-15-37-21-17-29-25(30-18-21)26(35)31-19-5-7-20(8-6-19)38-27-22-4-3-9-28-23(22)16-24(32-27)34-11-13-36-14-12-34/h3-4,9,16-20H,5-8,10-15H2,1-2H3,(H,31,35). The quantitative estimate of drug-likeness (QED) is 0.450. The molecule has 5 rings (SSSR count). The molecule has 0 unspecified atom stereocenters. The third-order valence-corrected chi connectivity index (χ3v) is 6.81. The first kappa shape index (κ1) is 26.1. The van der Waals surface area contributed by atoms with E-state index in [1.807, 2.05) is 37.2 Å². The highest BCUT2D eigenvalue weighted by atomic mass is 16.5. The van der Waals surface area contributed by atoms with Crippen molar-refractivity contribution < 1.29 is 19.0 Å². The second kappa shape index (κ2) is 12.3. The van der Waals surface area contributed by atoms with Crippen molar-refractivity contribution in [2.75, 3.05) is 58.5 Å². The molecule has 202 valence electrons. The van der Waals surface area contributed by atoms with E-state index < -0.39 is 0 Å². The molecule has 2 aliphatic rings. The number of likely N-dealkylation sites (N-methyl/N-ethyl adjacent to an activating group) is 1. The average molecular weight is 522 g/mol. The predicted molar refractivity (Wildman–Crippen MR) is 143 cm³/mol. The summed E-state index contributed by atoms with van der Waals surface area (Å²) < 4.78 is 17.5. The number of nitrogens with zero attached hydrogens (tertiary/aromatic N) is 6. The number of rotatable bonds is 9. The van der Waals surface area contributed by atoms with Crippen molar-refractivity contribution in [1.82, 2.24) is 30.2 Å². The number of fused-ring (bicyclic) bond motifs is 1. The molecule has 11 nitrogen and oxygen atoms in total. The lowest BCUT2D eigenvalue weighted by molar-refractivity contribution is 0.0881. The van der Waals surface area contributed by atoms with Crippen LogP contribution in [0.5, 0.6) is 11.6 Å². The molecule has 4 heterocycles. The summed E-state index contributed by atoms with van der Waals surface area (Å²) in [5.41, 5.74) is 0.869. The summed E-state index contributed by atoms with van der Waals surface area (Å²) in [5, 5.41) is 3.98. The Balaban J connectivity index is 1.15. The van der Waals surface area contributed by atoms with Crippen LogP contribution in [0.2, 0.25) is 0 Å². The van der Waals surface area contributed by atoms with Gasteiger partial charge in [-0.25, -0.2) is 9.97 Å². The summed E-state index contributed by atoms with van der Waals surface area (Å²) in [6.45, 7) is 4.29. The van der Waals surface area contributed by atoms with Gasteiger partial charge in [0.25, 0.3) is 5.91 Å². The highest BCUT2D eigenvalue weighted by Gasteiger charge is 2.26. The molecule has 1 amide bonds. The number of hydrogen-bond donors (Lipinski definition) is 1. The lowest BCUT2D eigenvalue weighted by atomic mass is 9.93. The Morgan fingerprint density at radius 1 is 1.13 bits per heavy atom. The van der Waals surface area contributed by atoms with E-state index in [9.17, 15) is 4.79 Å². The van der Waals surface area contributed by atoms with E-state index in [-0.39, 0.29) is 23.9 Å². The highest BCUT2D eigenvalue weighted by molar-refractivity contribution is 5.90. The fraction of sp³-hybridized carbons (Fsp3) is 0.519. The molecule has 1 N–H and O–H groups in total. The van der Waals surface area contributed by atoms with Crippen molar-refractivity contribution >= 4 is 22.6 Å². The van der Waals surface area contributed by atoms with Crippen LogP contribution in [-0.4, -0.2) is 96.4 Å². The molecule has 2 fully saturated rings. The molecule has 1 saturated carbocycles. The summed E-state index contributed by atoms with van der Waals surface area (Å²) >= 11 is 0. The SMILES string of the molecule is CN(C)CCOc1cnc(C(=O)NC2CCC(Oc3nc(N4CCOCC4)cc4ncccc34)CC2)nc1. The van der Waals surface area contributed by atoms with Crippen LogP contribution in [0.1, 0.15) is 36.3 Å². The van der Waals surface area contributed by atoms with Gasteiger partial charge in [-0.1, -0.05) is 0 Å². The van der Waals surface area contributed by atoms with E-state index in [1.165, 1.54) is 0 Å². The molecule has 0 aromatic carbocycles. The van der Waals surface area contributed by atoms with Gasteiger partial charge in [-0.3, -0.25) is 9.78 Å². The van der Waals surface area contributed by atoms with Gasteiger partial charge in [-0.15, -0.1) is 0 Å². The van der Waals surface area contributed by atoms with E-state index in [4.69, 9.17) is 19.2 Å². The van der Waals surface area contributed by atoms with Crippen LogP contribution in [0.25, 0.3) is 10.9 Å². The molecule has 0 radical (unpaired) electrons. The smallest absolute Gasteiger partial charge is 0.289 e. The van der Waals surface area contributed by atoms with Crippen molar-refractivity contribution in [3.63, 3.8) is 0 Å². The third kappa shape index (κ3) is 6.65. The maximum absolute atomic E-state index is 12.7. The topological polar surface area (TPSA) is 115 Å². The van der Waals surface area contributed by atoms with Gasteiger partial charge in [0, 0.05) is 37.9 Å². The predicted octanol–water partition coefficient (Wildman–Crippen LogP) is 2.32. The molecule has 38 heavy (non-hydrogen) atoms. The summed E-state index contributed by atoms with van der Waals surface area (Å²) in [5.74, 6) is 1.91. The Bertz CT molecular complexity index is 1210. The third-order valence-electron chi connectivity index (χ3n) is 6.81. The van der Waals surface area contributed by atoms with E-state index in [0.717, 1.165) is 62.0 Å². The second-order valence-electron chi connectivity index (χ2n) is 9.91. The van der Waals surface area contributed by atoms with Crippen LogP contribution in [-0.2, 0) is 4.74 Å². The minimum atomic E-state index is -0.272. The highest BCUT2D eigenvalue weighted by Crippen LogP contribution is 2.31. The maximum Gasteiger partial charge on any atom is 0.289 e. The Labute approximate surface area is 222 Å². The number of carbonyl (C=O) groups is 1. The van der Waals surface area contributed by atoms with Gasteiger partial charge in [0.1, 0.15) is 18.5 Å². The molecule has 0 spiro atoms. The number of amides is 1. The van der Waals surface area contributed by atoms with Gasteiger partial charge in [0.2, 0.25) is 11.7 Å². The molecular formula is C27H35N7O4. The summed E-state index contributed by atoms with van der Waals surface area (Å²) in [4.78, 5) is 34.7. The fourth-order valence-corrected chi connectivity index (χ4v) is 4.66. The number of nitrogens with one attached hydrogen (secondary N) is 1.